The second-order valence-corrected chi connectivity index (χ2v) is 9.24. The van der Waals surface area contributed by atoms with Gasteiger partial charge in [0.25, 0.3) is 5.91 Å². The maximum Gasteiger partial charge on any atom is 0.417 e. The average Bonchev–Trinajstić information content (AvgIpc) is 2.81. The summed E-state index contributed by atoms with van der Waals surface area (Å²) in [7, 11) is 0. The number of nitrogens with zero attached hydrogens (tertiary/aromatic N) is 3. The van der Waals surface area contributed by atoms with E-state index >= 15 is 0 Å². The molecule has 18 heteroatoms. The van der Waals surface area contributed by atoms with Crippen LogP contribution in [0.15, 0.2) is 36.4 Å². The minimum atomic E-state index is -5.22. The molecule has 6 nitrogen and oxygen atoms in total. The monoisotopic (exact) mass is 655 g/mol. The Hall–Kier alpha value is -2.58. The number of amides is 1. The van der Waals surface area contributed by atoms with Gasteiger partial charge in [-0.05, 0) is 59.1 Å². The molecule has 1 amide bonds. The first kappa shape index (κ1) is 31.0. The Morgan fingerprint density at radius 1 is 0.872 bits per heavy atom. The lowest BCUT2D eigenvalue weighted by molar-refractivity contribution is -0.140. The van der Waals surface area contributed by atoms with E-state index < -0.39 is 68.8 Å². The van der Waals surface area contributed by atoms with E-state index in [0.717, 1.165) is 12.1 Å². The van der Waals surface area contributed by atoms with Gasteiger partial charge in [0.2, 0.25) is 16.5 Å². The van der Waals surface area contributed by atoms with Crippen LogP contribution in [-0.2, 0) is 6.18 Å². The molecule has 0 saturated carbocycles. The third kappa shape index (κ3) is 7.76. The van der Waals surface area contributed by atoms with Crippen LogP contribution in [0.5, 0.6) is 0 Å². The first-order chi connectivity index (χ1) is 18.0. The van der Waals surface area contributed by atoms with Crippen LogP contribution in [0, 0.1) is 0 Å². The number of allylic oxidation sites excluding steroid dienone is 1. The number of rotatable bonds is 6. The quantitative estimate of drug-likeness (QED) is 0.158. The van der Waals surface area contributed by atoms with Crippen LogP contribution >= 0.6 is 58.0 Å². The molecule has 39 heavy (non-hydrogen) atoms. The highest BCUT2D eigenvalue weighted by atomic mass is 35.5. The van der Waals surface area contributed by atoms with Gasteiger partial charge in [0.05, 0.1) is 26.2 Å². The molecule has 2 aromatic carbocycles. The van der Waals surface area contributed by atoms with Crippen LogP contribution in [0.25, 0.3) is 5.83 Å². The Kier molecular flexibility index (Phi) is 9.43. The van der Waals surface area contributed by atoms with Crippen molar-refractivity contribution in [3.8, 4) is 0 Å². The lowest BCUT2D eigenvalue weighted by Crippen LogP contribution is -2.32. The van der Waals surface area contributed by atoms with Gasteiger partial charge >= 0.3 is 12.4 Å². The summed E-state index contributed by atoms with van der Waals surface area (Å²) in [6, 6.07) is 3.02. The number of hydrogen-bond acceptors (Lipinski definition) is 5. The molecule has 1 heterocycles. The molecular weight excluding hydrogens is 649 g/mol. The molecule has 0 aliphatic heterocycles. The van der Waals surface area contributed by atoms with Crippen LogP contribution in [0.1, 0.15) is 33.0 Å². The maximum atomic E-state index is 15.0. The number of aromatic nitrogens is 3. The Balaban J connectivity index is 1.98. The highest BCUT2D eigenvalue weighted by molar-refractivity contribution is 6.48. The van der Waals surface area contributed by atoms with E-state index in [1.165, 1.54) is 0 Å². The molecule has 3 aromatic rings. The number of carbonyl (C=O) groups excluding carboxylic acids is 1. The van der Waals surface area contributed by atoms with Crippen LogP contribution in [0.4, 0.5) is 36.7 Å². The zero-order chi connectivity index (χ0) is 29.3. The summed E-state index contributed by atoms with van der Waals surface area (Å²) in [4.78, 5) is 22.9. The topological polar surface area (TPSA) is 79.8 Å². The van der Waals surface area contributed by atoms with Crippen LogP contribution in [-0.4, -0.2) is 27.0 Å². The van der Waals surface area contributed by atoms with Crippen molar-refractivity contribution in [2.45, 2.75) is 18.3 Å². The number of carbonyl (C=O) groups is 1. The van der Waals surface area contributed by atoms with Gasteiger partial charge in [-0.3, -0.25) is 15.6 Å². The molecule has 1 unspecified atom stereocenters. The van der Waals surface area contributed by atoms with Crippen LogP contribution in [0.2, 0.25) is 25.6 Å². The van der Waals surface area contributed by atoms with Crippen LogP contribution in [0.3, 0.4) is 0 Å². The van der Waals surface area contributed by atoms with Crippen molar-refractivity contribution >= 4 is 75.7 Å². The van der Waals surface area contributed by atoms with Gasteiger partial charge in [0.15, 0.2) is 0 Å². The third-order valence-corrected chi connectivity index (χ3v) is 6.28. The first-order valence-corrected chi connectivity index (χ1v) is 11.8. The molecule has 3 rings (SSSR count). The molecular formula is C21H9Cl5F7N5O. The van der Waals surface area contributed by atoms with Gasteiger partial charge in [0, 0.05) is 5.56 Å². The SMILES string of the molecule is O=C(NNc1nc(Cl)nc(Cl)n1)c1ccc(C(F)=CC(c2cc(Cl)c(Cl)c(Cl)c2)C(F)(F)F)cc1C(F)(F)F. The van der Waals surface area contributed by atoms with Crippen molar-refractivity contribution in [1.29, 1.82) is 0 Å². The minimum Gasteiger partial charge on any atom is -0.267 e. The average molecular weight is 658 g/mol. The predicted octanol–water partition coefficient (Wildman–Crippen LogP) is 8.57. The third-order valence-electron chi connectivity index (χ3n) is 4.74. The van der Waals surface area contributed by atoms with Gasteiger partial charge in [-0.2, -0.15) is 41.3 Å². The number of nitrogens with one attached hydrogen (secondary N) is 2. The highest BCUT2D eigenvalue weighted by Gasteiger charge is 2.41. The molecule has 0 saturated heterocycles. The summed E-state index contributed by atoms with van der Waals surface area (Å²) in [6.45, 7) is 0. The van der Waals surface area contributed by atoms with Crippen molar-refractivity contribution in [2.75, 3.05) is 5.43 Å². The number of halogens is 12. The Bertz CT molecular complexity index is 1410. The fraction of sp³-hybridized carbons (Fsp3) is 0.143. The number of hydrazine groups is 1. The Morgan fingerprint density at radius 2 is 1.44 bits per heavy atom. The van der Waals surface area contributed by atoms with E-state index in [4.69, 9.17) is 58.0 Å². The van der Waals surface area contributed by atoms with E-state index in [2.05, 4.69) is 20.4 Å². The fourth-order valence-electron chi connectivity index (χ4n) is 3.06. The zero-order valence-electron chi connectivity index (χ0n) is 18.3. The number of benzene rings is 2. The van der Waals surface area contributed by atoms with E-state index in [-0.39, 0.29) is 27.2 Å². The van der Waals surface area contributed by atoms with E-state index in [1.54, 1.807) is 0 Å². The van der Waals surface area contributed by atoms with Gasteiger partial charge in [-0.1, -0.05) is 40.9 Å². The largest absolute Gasteiger partial charge is 0.417 e. The smallest absolute Gasteiger partial charge is 0.267 e. The lowest BCUT2D eigenvalue weighted by atomic mass is 9.95. The number of hydrogen-bond donors (Lipinski definition) is 2. The minimum absolute atomic E-state index is 0.0426. The molecule has 1 aromatic heterocycles. The zero-order valence-corrected chi connectivity index (χ0v) is 22.1. The normalized spacial score (nSPS) is 13.3. The van der Waals surface area contributed by atoms with Gasteiger partial charge < -0.3 is 0 Å². The highest BCUT2D eigenvalue weighted by Crippen LogP contribution is 2.42. The summed E-state index contributed by atoms with van der Waals surface area (Å²) < 4.78 is 97.4. The van der Waals surface area contributed by atoms with Crippen LogP contribution < -0.4 is 10.9 Å². The molecule has 0 aliphatic rings. The molecule has 0 spiro atoms. The molecule has 2 N–H and O–H groups in total. The van der Waals surface area contributed by atoms with Gasteiger partial charge in [0.1, 0.15) is 11.7 Å². The van der Waals surface area contributed by atoms with Crippen molar-refractivity contribution in [1.82, 2.24) is 20.4 Å². The number of alkyl halides is 6. The van der Waals surface area contributed by atoms with E-state index in [9.17, 15) is 35.5 Å². The molecule has 1 atom stereocenters. The predicted molar refractivity (Wildman–Crippen MR) is 132 cm³/mol. The standard InChI is InChI=1S/C21H9Cl5F7N5O/c22-12-4-8(5-13(23)15(12)24)10(20(28,29)30)6-14(27)7-1-2-9(11(3-7)21(31,32)33)16(39)37-38-19-35-17(25)34-18(26)36-19/h1-6,10H,(H,37,39)(H,34,35,36,38). The van der Waals surface area contributed by atoms with Crippen molar-refractivity contribution in [3.63, 3.8) is 0 Å². The van der Waals surface area contributed by atoms with Gasteiger partial charge in [-0.15, -0.1) is 0 Å². The molecule has 208 valence electrons. The maximum absolute atomic E-state index is 15.0. The molecule has 0 radical (unpaired) electrons. The van der Waals surface area contributed by atoms with Gasteiger partial charge in [-0.25, -0.2) is 4.39 Å². The van der Waals surface area contributed by atoms with Crippen molar-refractivity contribution in [2.24, 2.45) is 0 Å². The second-order valence-electron chi connectivity index (χ2n) is 7.37. The first-order valence-electron chi connectivity index (χ1n) is 9.91. The van der Waals surface area contributed by atoms with Crippen molar-refractivity contribution < 1.29 is 35.5 Å². The summed E-state index contributed by atoms with van der Waals surface area (Å²) >= 11 is 28.4. The van der Waals surface area contributed by atoms with E-state index in [1.807, 2.05) is 5.43 Å². The summed E-state index contributed by atoms with van der Waals surface area (Å²) in [5.41, 5.74) is -0.243. The summed E-state index contributed by atoms with van der Waals surface area (Å²) in [5, 5.41) is -1.74. The molecule has 0 aliphatic carbocycles. The Morgan fingerprint density at radius 3 is 1.95 bits per heavy atom. The van der Waals surface area contributed by atoms with Crippen molar-refractivity contribution in [3.05, 3.63) is 84.3 Å². The number of anilines is 1. The molecule has 0 fully saturated rings. The lowest BCUT2D eigenvalue weighted by Gasteiger charge is -2.19. The van der Waals surface area contributed by atoms with E-state index in [0.29, 0.717) is 12.1 Å². The summed E-state index contributed by atoms with van der Waals surface area (Å²) in [5.74, 6) is -6.15. The fourth-order valence-corrected chi connectivity index (χ4v) is 4.04. The second kappa shape index (κ2) is 11.9. The Labute approximate surface area is 239 Å². The molecule has 0 bridgehead atoms. The summed E-state index contributed by atoms with van der Waals surface area (Å²) in [6.07, 6.45) is -10.3.